The molecule has 38 heavy (non-hydrogen) atoms. The van der Waals surface area contributed by atoms with Gasteiger partial charge in [0.25, 0.3) is 5.78 Å². The second-order valence-electron chi connectivity index (χ2n) is 8.77. The number of nitrogens with zero attached hydrogens (tertiary/aromatic N) is 3. The SMILES string of the molecule is Cc1ccc(C)c(C(O)=C2C(=O)C(=O)N(c3nnc(SCc4ccc(Cl)cc4)s3)C2c2ccccc2F)c1. The van der Waals surface area contributed by atoms with Crippen LogP contribution in [0.5, 0.6) is 0 Å². The lowest BCUT2D eigenvalue weighted by Crippen LogP contribution is -2.29. The molecule has 1 N–H and O–H groups in total. The van der Waals surface area contributed by atoms with Gasteiger partial charge in [0.2, 0.25) is 5.13 Å². The number of Topliss-reactive ketones (excluding diaryl/α,β-unsaturated/α-hetero) is 1. The number of ketones is 1. The van der Waals surface area contributed by atoms with Crippen molar-refractivity contribution in [1.82, 2.24) is 10.2 Å². The molecule has 3 aromatic carbocycles. The van der Waals surface area contributed by atoms with Crippen LogP contribution in [0.3, 0.4) is 0 Å². The molecular weight excluding hydrogens is 545 g/mol. The summed E-state index contributed by atoms with van der Waals surface area (Å²) >= 11 is 8.49. The van der Waals surface area contributed by atoms with E-state index in [1.165, 1.54) is 30.0 Å². The topological polar surface area (TPSA) is 83.4 Å². The lowest BCUT2D eigenvalue weighted by molar-refractivity contribution is -0.132. The van der Waals surface area contributed by atoms with Crippen LogP contribution in [0.4, 0.5) is 9.52 Å². The first-order chi connectivity index (χ1) is 18.2. The highest BCUT2D eigenvalue weighted by Crippen LogP contribution is 2.45. The van der Waals surface area contributed by atoms with Gasteiger partial charge in [-0.25, -0.2) is 4.39 Å². The molecule has 0 aliphatic carbocycles. The van der Waals surface area contributed by atoms with E-state index in [0.717, 1.165) is 27.4 Å². The van der Waals surface area contributed by atoms with E-state index in [1.807, 2.05) is 31.2 Å². The molecule has 4 aromatic rings. The Morgan fingerprint density at radius 2 is 1.82 bits per heavy atom. The number of aromatic nitrogens is 2. The molecule has 1 unspecified atom stereocenters. The minimum absolute atomic E-state index is 0.0733. The fourth-order valence-electron chi connectivity index (χ4n) is 4.24. The highest BCUT2D eigenvalue weighted by atomic mass is 35.5. The number of rotatable bonds is 6. The van der Waals surface area contributed by atoms with Crippen molar-refractivity contribution < 1.29 is 19.1 Å². The Bertz CT molecular complexity index is 1590. The summed E-state index contributed by atoms with van der Waals surface area (Å²) in [7, 11) is 0. The van der Waals surface area contributed by atoms with E-state index >= 15 is 4.39 Å². The van der Waals surface area contributed by atoms with Crippen LogP contribution >= 0.6 is 34.7 Å². The Balaban J connectivity index is 1.57. The predicted octanol–water partition coefficient (Wildman–Crippen LogP) is 6.87. The Hall–Kier alpha value is -3.53. The summed E-state index contributed by atoms with van der Waals surface area (Å²) in [6.07, 6.45) is 0. The normalized spacial score (nSPS) is 16.8. The van der Waals surface area contributed by atoms with Gasteiger partial charge in [-0.3, -0.25) is 14.5 Å². The van der Waals surface area contributed by atoms with Crippen LogP contribution in [-0.2, 0) is 15.3 Å². The number of thioether (sulfide) groups is 1. The number of hydrogen-bond donors (Lipinski definition) is 1. The highest BCUT2D eigenvalue weighted by Gasteiger charge is 2.49. The summed E-state index contributed by atoms with van der Waals surface area (Å²) < 4.78 is 15.7. The molecule has 1 aliphatic heterocycles. The Labute approximate surface area is 231 Å². The molecule has 0 bridgehead atoms. The maximum atomic E-state index is 15.1. The van der Waals surface area contributed by atoms with Gasteiger partial charge >= 0.3 is 5.91 Å². The van der Waals surface area contributed by atoms with Gasteiger partial charge in [0.1, 0.15) is 17.6 Å². The van der Waals surface area contributed by atoms with E-state index in [2.05, 4.69) is 10.2 Å². The molecule has 0 spiro atoms. The van der Waals surface area contributed by atoms with Crippen LogP contribution < -0.4 is 4.90 Å². The minimum atomic E-state index is -1.21. The average molecular weight is 566 g/mol. The molecule has 0 saturated carbocycles. The predicted molar refractivity (Wildman–Crippen MR) is 148 cm³/mol. The Morgan fingerprint density at radius 3 is 2.55 bits per heavy atom. The molecule has 1 saturated heterocycles. The summed E-state index contributed by atoms with van der Waals surface area (Å²) in [5.74, 6) is -2.20. The number of benzene rings is 3. The first-order valence-electron chi connectivity index (χ1n) is 11.6. The third-order valence-electron chi connectivity index (χ3n) is 6.17. The van der Waals surface area contributed by atoms with E-state index in [1.54, 1.807) is 31.2 Å². The number of carbonyl (C=O) groups excluding carboxylic acids is 2. The lowest BCUT2D eigenvalue weighted by atomic mass is 9.93. The van der Waals surface area contributed by atoms with Gasteiger partial charge in [-0.05, 0) is 49.2 Å². The molecular formula is C28H21ClFN3O3S2. The minimum Gasteiger partial charge on any atom is -0.507 e. The van der Waals surface area contributed by atoms with E-state index < -0.39 is 23.5 Å². The molecule has 1 atom stereocenters. The zero-order valence-corrected chi connectivity index (χ0v) is 22.7. The Morgan fingerprint density at radius 1 is 1.08 bits per heavy atom. The smallest absolute Gasteiger partial charge is 0.301 e. The van der Waals surface area contributed by atoms with Crippen molar-refractivity contribution in [3.8, 4) is 0 Å². The Kier molecular flexibility index (Phi) is 7.34. The van der Waals surface area contributed by atoms with Crippen molar-refractivity contribution in [2.75, 3.05) is 4.90 Å². The number of carbonyl (C=O) groups is 2. The van der Waals surface area contributed by atoms with Crippen molar-refractivity contribution in [3.05, 3.63) is 111 Å². The fraction of sp³-hybridized carbons (Fsp3) is 0.143. The van der Waals surface area contributed by atoms with E-state index in [9.17, 15) is 14.7 Å². The first kappa shape index (κ1) is 26.1. The summed E-state index contributed by atoms with van der Waals surface area (Å²) in [6, 6.07) is 17.5. The molecule has 6 nitrogen and oxygen atoms in total. The van der Waals surface area contributed by atoms with Crippen LogP contribution in [0.1, 0.15) is 33.9 Å². The van der Waals surface area contributed by atoms with E-state index in [-0.39, 0.29) is 22.0 Å². The van der Waals surface area contributed by atoms with Crippen molar-refractivity contribution in [2.45, 2.75) is 30.0 Å². The highest BCUT2D eigenvalue weighted by molar-refractivity contribution is 8.00. The first-order valence-corrected chi connectivity index (χ1v) is 13.8. The second kappa shape index (κ2) is 10.7. The quantitative estimate of drug-likeness (QED) is 0.0903. The number of halogens is 2. The zero-order valence-electron chi connectivity index (χ0n) is 20.3. The van der Waals surface area contributed by atoms with Crippen LogP contribution in [-0.4, -0.2) is 27.0 Å². The van der Waals surface area contributed by atoms with E-state index in [4.69, 9.17) is 11.6 Å². The van der Waals surface area contributed by atoms with Gasteiger partial charge in [-0.1, -0.05) is 82.7 Å². The number of anilines is 1. The molecule has 192 valence electrons. The summed E-state index contributed by atoms with van der Waals surface area (Å²) in [5, 5.41) is 20.5. The van der Waals surface area contributed by atoms with Crippen molar-refractivity contribution in [3.63, 3.8) is 0 Å². The maximum absolute atomic E-state index is 15.1. The van der Waals surface area contributed by atoms with Gasteiger partial charge in [0.15, 0.2) is 4.34 Å². The lowest BCUT2D eigenvalue weighted by Gasteiger charge is -2.23. The van der Waals surface area contributed by atoms with Crippen LogP contribution in [0.15, 0.2) is 76.6 Å². The summed E-state index contributed by atoms with van der Waals surface area (Å²) in [6.45, 7) is 3.64. The van der Waals surface area contributed by atoms with Crippen LogP contribution in [0, 0.1) is 19.7 Å². The van der Waals surface area contributed by atoms with Crippen molar-refractivity contribution >= 4 is 57.3 Å². The molecule has 10 heteroatoms. The summed E-state index contributed by atoms with van der Waals surface area (Å²) in [5.41, 5.74) is 2.88. The number of amides is 1. The number of hydrogen-bond acceptors (Lipinski definition) is 7. The maximum Gasteiger partial charge on any atom is 0.301 e. The fourth-order valence-corrected chi connectivity index (χ4v) is 6.19. The van der Waals surface area contributed by atoms with Crippen LogP contribution in [0.2, 0.25) is 5.02 Å². The van der Waals surface area contributed by atoms with Crippen molar-refractivity contribution in [2.24, 2.45) is 0 Å². The molecule has 5 rings (SSSR count). The third kappa shape index (κ3) is 4.97. The second-order valence-corrected chi connectivity index (χ2v) is 11.4. The van der Waals surface area contributed by atoms with Gasteiger partial charge in [0.05, 0.1) is 5.57 Å². The number of aliphatic hydroxyl groups excluding tert-OH is 1. The van der Waals surface area contributed by atoms with Crippen LogP contribution in [0.25, 0.3) is 5.76 Å². The van der Waals surface area contributed by atoms with Gasteiger partial charge in [-0.2, -0.15) is 0 Å². The largest absolute Gasteiger partial charge is 0.507 e. The number of aliphatic hydroxyl groups is 1. The molecule has 2 heterocycles. The van der Waals surface area contributed by atoms with Gasteiger partial charge in [0, 0.05) is 21.9 Å². The molecule has 1 aromatic heterocycles. The standard InChI is InChI=1S/C28H21ClFN3O3S2/c1-15-7-8-16(2)20(13-15)24(34)22-23(19-5-3-4-6-21(19)30)33(26(36)25(22)35)27-31-32-28(38-27)37-14-17-9-11-18(29)12-10-17/h3-13,23,34H,14H2,1-2H3. The summed E-state index contributed by atoms with van der Waals surface area (Å²) in [4.78, 5) is 27.8. The van der Waals surface area contributed by atoms with Gasteiger partial charge < -0.3 is 5.11 Å². The molecule has 1 fully saturated rings. The van der Waals surface area contributed by atoms with Crippen molar-refractivity contribution in [1.29, 1.82) is 0 Å². The van der Waals surface area contributed by atoms with Gasteiger partial charge in [-0.15, -0.1) is 10.2 Å². The third-order valence-corrected chi connectivity index (χ3v) is 8.55. The number of aryl methyl sites for hydroxylation is 2. The molecule has 1 amide bonds. The van der Waals surface area contributed by atoms with E-state index in [0.29, 0.717) is 26.2 Å². The molecule has 0 radical (unpaired) electrons. The monoisotopic (exact) mass is 565 g/mol. The zero-order chi connectivity index (χ0) is 27.0. The molecule has 1 aliphatic rings. The average Bonchev–Trinajstić information content (AvgIpc) is 3.47.